The highest BCUT2D eigenvalue weighted by Crippen LogP contribution is 2.30. The van der Waals surface area contributed by atoms with E-state index < -0.39 is 16.6 Å². The van der Waals surface area contributed by atoms with E-state index in [4.69, 9.17) is 5.11 Å². The number of anilines is 1. The summed E-state index contributed by atoms with van der Waals surface area (Å²) < 4.78 is 0. The van der Waals surface area contributed by atoms with Gasteiger partial charge < -0.3 is 15.1 Å². The minimum absolute atomic E-state index is 0.0194. The van der Waals surface area contributed by atoms with Gasteiger partial charge in [-0.25, -0.2) is 4.79 Å². The SMILES string of the molecule is O=C(O)c1ccc(N2CCCCC2CO)cc1[N+](=O)[O-]. The Bertz CT molecular complexity index is 531. The van der Waals surface area contributed by atoms with E-state index in [2.05, 4.69) is 0 Å². The van der Waals surface area contributed by atoms with Crippen LogP contribution in [0.25, 0.3) is 0 Å². The zero-order valence-electron chi connectivity index (χ0n) is 10.9. The number of hydrogen-bond acceptors (Lipinski definition) is 5. The first-order chi connectivity index (χ1) is 9.54. The van der Waals surface area contributed by atoms with Crippen LogP contribution in [0.5, 0.6) is 0 Å². The quantitative estimate of drug-likeness (QED) is 0.642. The normalized spacial score (nSPS) is 18.9. The predicted molar refractivity (Wildman–Crippen MR) is 72.1 cm³/mol. The molecule has 1 aliphatic heterocycles. The molecule has 1 heterocycles. The first-order valence-electron chi connectivity index (χ1n) is 6.44. The lowest BCUT2D eigenvalue weighted by Gasteiger charge is -2.36. The van der Waals surface area contributed by atoms with E-state index in [9.17, 15) is 20.0 Å². The van der Waals surface area contributed by atoms with Crippen LogP contribution in [0.2, 0.25) is 0 Å². The largest absolute Gasteiger partial charge is 0.477 e. The molecular formula is C13H16N2O5. The standard InChI is InChI=1S/C13H16N2O5/c16-8-10-3-1-2-6-14(10)9-4-5-11(13(17)18)12(7-9)15(19)20/h4-5,7,10,16H,1-3,6,8H2,(H,17,18). The van der Waals surface area contributed by atoms with Gasteiger partial charge in [-0.3, -0.25) is 10.1 Å². The summed E-state index contributed by atoms with van der Waals surface area (Å²) >= 11 is 0. The average Bonchev–Trinajstić information content (AvgIpc) is 2.46. The van der Waals surface area contributed by atoms with Crippen LogP contribution in [0.15, 0.2) is 18.2 Å². The molecular weight excluding hydrogens is 264 g/mol. The highest BCUT2D eigenvalue weighted by atomic mass is 16.6. The Balaban J connectivity index is 2.39. The fourth-order valence-corrected chi connectivity index (χ4v) is 2.56. The molecule has 1 atom stereocenters. The van der Waals surface area contributed by atoms with Crippen LogP contribution in [0.3, 0.4) is 0 Å². The van der Waals surface area contributed by atoms with Gasteiger partial charge in [0.2, 0.25) is 0 Å². The molecule has 1 aliphatic rings. The molecule has 1 unspecified atom stereocenters. The Morgan fingerprint density at radius 1 is 1.45 bits per heavy atom. The Morgan fingerprint density at radius 2 is 2.20 bits per heavy atom. The molecule has 0 spiro atoms. The van der Waals surface area contributed by atoms with Crippen LogP contribution in [0.4, 0.5) is 11.4 Å². The van der Waals surface area contributed by atoms with Crippen molar-refractivity contribution >= 4 is 17.3 Å². The van der Waals surface area contributed by atoms with Crippen molar-refractivity contribution in [2.75, 3.05) is 18.1 Å². The van der Waals surface area contributed by atoms with E-state index in [1.54, 1.807) is 6.07 Å². The fraction of sp³-hybridized carbons (Fsp3) is 0.462. The van der Waals surface area contributed by atoms with Crippen LogP contribution >= 0.6 is 0 Å². The van der Waals surface area contributed by atoms with Crippen molar-refractivity contribution in [1.82, 2.24) is 0 Å². The van der Waals surface area contributed by atoms with Crippen molar-refractivity contribution in [3.05, 3.63) is 33.9 Å². The monoisotopic (exact) mass is 280 g/mol. The van der Waals surface area contributed by atoms with Crippen molar-refractivity contribution in [3.63, 3.8) is 0 Å². The molecule has 1 saturated heterocycles. The van der Waals surface area contributed by atoms with E-state index in [1.165, 1.54) is 12.1 Å². The minimum Gasteiger partial charge on any atom is -0.477 e. The number of carbonyl (C=O) groups is 1. The maximum Gasteiger partial charge on any atom is 0.342 e. The van der Waals surface area contributed by atoms with Gasteiger partial charge in [0.1, 0.15) is 5.56 Å². The molecule has 7 heteroatoms. The fourth-order valence-electron chi connectivity index (χ4n) is 2.56. The van der Waals surface area contributed by atoms with Crippen molar-refractivity contribution in [1.29, 1.82) is 0 Å². The summed E-state index contributed by atoms with van der Waals surface area (Å²) in [6, 6.07) is 4.01. The van der Waals surface area contributed by atoms with E-state index in [0.717, 1.165) is 19.3 Å². The van der Waals surface area contributed by atoms with Crippen LogP contribution in [0.1, 0.15) is 29.6 Å². The van der Waals surface area contributed by atoms with E-state index in [0.29, 0.717) is 12.2 Å². The lowest BCUT2D eigenvalue weighted by atomic mass is 10.0. The number of carboxylic acids is 1. The number of nitrogens with zero attached hydrogens (tertiary/aromatic N) is 2. The molecule has 0 aromatic heterocycles. The number of carboxylic acid groups (broad SMARTS) is 1. The van der Waals surface area contributed by atoms with Crippen molar-refractivity contribution in [2.45, 2.75) is 25.3 Å². The van der Waals surface area contributed by atoms with Crippen LogP contribution < -0.4 is 4.90 Å². The Labute approximate surface area is 115 Å². The van der Waals surface area contributed by atoms with Crippen molar-refractivity contribution < 1.29 is 19.9 Å². The maximum atomic E-state index is 11.0. The second kappa shape index (κ2) is 5.87. The van der Waals surface area contributed by atoms with Gasteiger partial charge in [-0.05, 0) is 31.4 Å². The molecule has 1 aromatic rings. The summed E-state index contributed by atoms with van der Waals surface area (Å²) in [5, 5.41) is 29.3. The number of benzene rings is 1. The first kappa shape index (κ1) is 14.3. The second-order valence-corrected chi connectivity index (χ2v) is 4.79. The Hall–Kier alpha value is -2.15. The number of aliphatic hydroxyl groups excluding tert-OH is 1. The number of nitro groups is 1. The highest BCUT2D eigenvalue weighted by molar-refractivity contribution is 5.93. The molecule has 7 nitrogen and oxygen atoms in total. The van der Waals surface area contributed by atoms with Gasteiger partial charge in [0.15, 0.2) is 0 Å². The summed E-state index contributed by atoms with van der Waals surface area (Å²) in [6.07, 6.45) is 2.78. The third kappa shape index (κ3) is 2.72. The number of hydrogen-bond donors (Lipinski definition) is 2. The van der Waals surface area contributed by atoms with E-state index >= 15 is 0 Å². The number of aliphatic hydroxyl groups is 1. The molecule has 0 saturated carbocycles. The third-order valence-corrected chi connectivity index (χ3v) is 3.58. The Morgan fingerprint density at radius 3 is 2.80 bits per heavy atom. The summed E-state index contributed by atoms with van der Waals surface area (Å²) in [5.41, 5.74) is -0.158. The van der Waals surface area contributed by atoms with Gasteiger partial charge in [-0.15, -0.1) is 0 Å². The van der Waals surface area contributed by atoms with E-state index in [-0.39, 0.29) is 18.2 Å². The lowest BCUT2D eigenvalue weighted by Crippen LogP contribution is -2.41. The van der Waals surface area contributed by atoms with E-state index in [1.807, 2.05) is 4.90 Å². The van der Waals surface area contributed by atoms with Gasteiger partial charge in [0, 0.05) is 18.3 Å². The van der Waals surface area contributed by atoms with Crippen LogP contribution in [0, 0.1) is 10.1 Å². The molecule has 1 fully saturated rings. The molecule has 2 N–H and O–H groups in total. The zero-order valence-corrected chi connectivity index (χ0v) is 10.9. The van der Waals surface area contributed by atoms with Gasteiger partial charge in [-0.2, -0.15) is 0 Å². The molecule has 0 bridgehead atoms. The van der Waals surface area contributed by atoms with Crippen LogP contribution in [-0.2, 0) is 0 Å². The number of nitro benzene ring substituents is 1. The van der Waals surface area contributed by atoms with Crippen molar-refractivity contribution in [2.24, 2.45) is 0 Å². The molecule has 1 aromatic carbocycles. The Kier molecular flexibility index (Phi) is 4.19. The average molecular weight is 280 g/mol. The summed E-state index contributed by atoms with van der Waals surface area (Å²) in [6.45, 7) is 0.684. The smallest absolute Gasteiger partial charge is 0.342 e. The molecule has 0 amide bonds. The third-order valence-electron chi connectivity index (χ3n) is 3.58. The second-order valence-electron chi connectivity index (χ2n) is 4.79. The molecule has 0 radical (unpaired) electrons. The molecule has 0 aliphatic carbocycles. The molecule has 2 rings (SSSR count). The molecule has 108 valence electrons. The van der Waals surface area contributed by atoms with Gasteiger partial charge in [-0.1, -0.05) is 0 Å². The maximum absolute atomic E-state index is 11.0. The number of rotatable bonds is 4. The summed E-state index contributed by atoms with van der Waals surface area (Å²) in [7, 11) is 0. The molecule has 20 heavy (non-hydrogen) atoms. The topological polar surface area (TPSA) is 104 Å². The van der Waals surface area contributed by atoms with Gasteiger partial charge in [0.25, 0.3) is 5.69 Å². The van der Waals surface area contributed by atoms with Crippen molar-refractivity contribution in [3.8, 4) is 0 Å². The first-order valence-corrected chi connectivity index (χ1v) is 6.44. The minimum atomic E-state index is -1.32. The van der Waals surface area contributed by atoms with Crippen LogP contribution in [-0.4, -0.2) is 40.3 Å². The highest BCUT2D eigenvalue weighted by Gasteiger charge is 2.26. The number of aromatic carboxylic acids is 1. The number of piperidine rings is 1. The summed E-state index contributed by atoms with van der Waals surface area (Å²) in [5.74, 6) is -1.32. The van der Waals surface area contributed by atoms with Gasteiger partial charge >= 0.3 is 5.97 Å². The zero-order chi connectivity index (χ0) is 14.7. The predicted octanol–water partition coefficient (Wildman–Crippen LogP) is 1.64. The summed E-state index contributed by atoms with van der Waals surface area (Å²) in [4.78, 5) is 23.2. The van der Waals surface area contributed by atoms with Gasteiger partial charge in [0.05, 0.1) is 17.6 Å². The lowest BCUT2D eigenvalue weighted by molar-refractivity contribution is -0.385.